The molecule has 3 heterocycles. The fourth-order valence-electron chi connectivity index (χ4n) is 6.11. The second-order valence-electron chi connectivity index (χ2n) is 10.2. The number of para-hydroxylation sites is 2. The average molecular weight is 534 g/mol. The summed E-state index contributed by atoms with van der Waals surface area (Å²) in [6.07, 6.45) is -4.50. The zero-order valence-electron chi connectivity index (χ0n) is 21.4. The van der Waals surface area contributed by atoms with E-state index in [4.69, 9.17) is 4.74 Å². The molecule has 0 saturated carbocycles. The number of aromatic nitrogens is 1. The molecule has 2 amide bonds. The topological polar surface area (TPSA) is 65.6 Å². The summed E-state index contributed by atoms with van der Waals surface area (Å²) < 4.78 is 45.6. The number of carbonyl (C=O) groups excluding carboxylic acids is 2. The molecule has 1 fully saturated rings. The van der Waals surface area contributed by atoms with Crippen molar-refractivity contribution < 1.29 is 27.5 Å². The molecule has 2 atom stereocenters. The van der Waals surface area contributed by atoms with Gasteiger partial charge >= 0.3 is 6.18 Å². The zero-order valence-corrected chi connectivity index (χ0v) is 21.4. The highest BCUT2D eigenvalue weighted by Crippen LogP contribution is 2.49. The van der Waals surface area contributed by atoms with Crippen molar-refractivity contribution in [1.29, 1.82) is 0 Å². The molecule has 4 aromatic rings. The van der Waals surface area contributed by atoms with E-state index in [0.29, 0.717) is 17.0 Å². The molecule has 2 aliphatic rings. The average Bonchev–Trinajstić information content (AvgIpc) is 3.32. The van der Waals surface area contributed by atoms with Gasteiger partial charge in [0, 0.05) is 35.5 Å². The van der Waals surface area contributed by atoms with E-state index in [1.54, 1.807) is 18.9 Å². The monoisotopic (exact) mass is 533 g/mol. The molecule has 6 nitrogen and oxygen atoms in total. The first-order chi connectivity index (χ1) is 18.6. The van der Waals surface area contributed by atoms with Crippen molar-refractivity contribution in [3.05, 3.63) is 101 Å². The van der Waals surface area contributed by atoms with Gasteiger partial charge in [-0.25, -0.2) is 0 Å². The fourth-order valence-corrected chi connectivity index (χ4v) is 6.11. The minimum atomic E-state index is -4.50. The van der Waals surface area contributed by atoms with Crippen LogP contribution in [-0.4, -0.2) is 46.8 Å². The molecule has 1 aromatic heterocycles. The first-order valence-corrected chi connectivity index (χ1v) is 12.6. The highest BCUT2D eigenvalue weighted by Gasteiger charge is 2.56. The maximum Gasteiger partial charge on any atom is 0.416 e. The van der Waals surface area contributed by atoms with Gasteiger partial charge in [-0.15, -0.1) is 0 Å². The van der Waals surface area contributed by atoms with Gasteiger partial charge in [0.25, 0.3) is 5.91 Å². The van der Waals surface area contributed by atoms with E-state index in [-0.39, 0.29) is 37.4 Å². The Bertz CT molecular complexity index is 1610. The number of nitrogens with zero attached hydrogens (tertiary/aromatic N) is 2. The number of hydrogen-bond donors (Lipinski definition) is 1. The summed E-state index contributed by atoms with van der Waals surface area (Å²) in [5, 5.41) is 0.944. The number of methoxy groups -OCH3 is 1. The van der Waals surface area contributed by atoms with Crippen LogP contribution in [0.15, 0.2) is 72.8 Å². The Hall–Kier alpha value is -4.27. The van der Waals surface area contributed by atoms with E-state index in [1.165, 1.54) is 17.0 Å². The van der Waals surface area contributed by atoms with Crippen LogP contribution in [0.2, 0.25) is 0 Å². The summed E-state index contributed by atoms with van der Waals surface area (Å²) in [5.41, 5.74) is 1.42. The lowest BCUT2D eigenvalue weighted by Crippen LogP contribution is -2.67. The fraction of sp³-hybridized carbons (Fsp3) is 0.267. The summed E-state index contributed by atoms with van der Waals surface area (Å²) in [6.45, 7) is 1.65. The number of alkyl halides is 3. The number of aromatic amines is 1. The molecule has 1 N–H and O–H groups in total. The van der Waals surface area contributed by atoms with E-state index >= 15 is 0 Å². The van der Waals surface area contributed by atoms with Crippen LogP contribution in [0.1, 0.15) is 40.8 Å². The van der Waals surface area contributed by atoms with Gasteiger partial charge in [-0.3, -0.25) is 9.59 Å². The number of ether oxygens (including phenoxy) is 1. The Morgan fingerprint density at radius 1 is 1.03 bits per heavy atom. The second kappa shape index (κ2) is 8.90. The number of benzene rings is 3. The van der Waals surface area contributed by atoms with Gasteiger partial charge in [0.1, 0.15) is 12.3 Å². The molecule has 0 aliphatic carbocycles. The molecule has 2 unspecified atom stereocenters. The van der Waals surface area contributed by atoms with E-state index in [0.717, 1.165) is 34.2 Å². The predicted molar refractivity (Wildman–Crippen MR) is 139 cm³/mol. The number of rotatable bonds is 4. The SMILES string of the molecule is COc1ccccc1C1CN2C(=O)CN(Cc3cccc(C(F)(F)F)c3)C(=O)C2(C)c2[nH]c3ccccc3c21. The number of piperazine rings is 1. The van der Waals surface area contributed by atoms with Crippen molar-refractivity contribution in [3.8, 4) is 5.75 Å². The number of nitrogens with one attached hydrogen (secondary N) is 1. The molecule has 1 saturated heterocycles. The van der Waals surface area contributed by atoms with Gasteiger partial charge in [-0.05, 0) is 42.3 Å². The van der Waals surface area contributed by atoms with Gasteiger partial charge in [0.15, 0.2) is 5.54 Å². The largest absolute Gasteiger partial charge is 0.496 e. The number of amides is 2. The maximum atomic E-state index is 14.2. The van der Waals surface area contributed by atoms with Crippen LogP contribution < -0.4 is 4.74 Å². The third kappa shape index (κ3) is 3.87. The van der Waals surface area contributed by atoms with E-state index < -0.39 is 17.3 Å². The summed E-state index contributed by atoms with van der Waals surface area (Å²) in [7, 11) is 1.60. The lowest BCUT2D eigenvalue weighted by molar-refractivity contribution is -0.167. The molecule has 200 valence electrons. The molecule has 2 aliphatic heterocycles. The highest BCUT2D eigenvalue weighted by molar-refractivity contribution is 6.01. The van der Waals surface area contributed by atoms with Crippen molar-refractivity contribution in [3.63, 3.8) is 0 Å². The molecular weight excluding hydrogens is 507 g/mol. The third-order valence-corrected chi connectivity index (χ3v) is 7.96. The number of hydrogen-bond acceptors (Lipinski definition) is 3. The molecule has 6 rings (SSSR count). The van der Waals surface area contributed by atoms with Gasteiger partial charge < -0.3 is 19.5 Å². The molecule has 3 aromatic carbocycles. The Kier molecular flexibility index (Phi) is 5.71. The van der Waals surface area contributed by atoms with Gasteiger partial charge in [-0.1, -0.05) is 48.5 Å². The summed E-state index contributed by atoms with van der Waals surface area (Å²) in [5.74, 6) is -0.185. The predicted octanol–water partition coefficient (Wildman–Crippen LogP) is 5.43. The Morgan fingerprint density at radius 3 is 2.54 bits per heavy atom. The second-order valence-corrected chi connectivity index (χ2v) is 10.2. The Balaban J connectivity index is 1.47. The van der Waals surface area contributed by atoms with Gasteiger partial charge in [0.05, 0.1) is 18.4 Å². The molecule has 0 radical (unpaired) electrons. The molecule has 0 spiro atoms. The lowest BCUT2D eigenvalue weighted by Gasteiger charge is -2.51. The number of fused-ring (bicyclic) bond motifs is 5. The molecule has 0 bridgehead atoms. The van der Waals surface area contributed by atoms with Gasteiger partial charge in [-0.2, -0.15) is 13.2 Å². The number of halogens is 3. The van der Waals surface area contributed by atoms with Crippen molar-refractivity contribution in [2.45, 2.75) is 31.1 Å². The number of H-pyrrole nitrogens is 1. The van der Waals surface area contributed by atoms with Crippen LogP contribution in [0.25, 0.3) is 10.9 Å². The number of carbonyl (C=O) groups is 2. The Labute approximate surface area is 223 Å². The van der Waals surface area contributed by atoms with Crippen LogP contribution >= 0.6 is 0 Å². The molecular formula is C30H26F3N3O3. The third-order valence-electron chi connectivity index (χ3n) is 7.96. The maximum absolute atomic E-state index is 14.2. The highest BCUT2D eigenvalue weighted by atomic mass is 19.4. The normalized spacial score (nSPS) is 21.2. The smallest absolute Gasteiger partial charge is 0.416 e. The minimum Gasteiger partial charge on any atom is -0.496 e. The van der Waals surface area contributed by atoms with Crippen molar-refractivity contribution in [1.82, 2.24) is 14.8 Å². The first kappa shape index (κ1) is 25.0. The molecule has 39 heavy (non-hydrogen) atoms. The first-order valence-electron chi connectivity index (χ1n) is 12.6. The van der Waals surface area contributed by atoms with Gasteiger partial charge in [0.2, 0.25) is 5.91 Å². The van der Waals surface area contributed by atoms with E-state index in [9.17, 15) is 22.8 Å². The summed E-state index contributed by atoms with van der Waals surface area (Å²) in [4.78, 5) is 34.2. The quantitative estimate of drug-likeness (QED) is 0.381. The van der Waals surface area contributed by atoms with Crippen molar-refractivity contribution >= 4 is 22.7 Å². The van der Waals surface area contributed by atoms with Crippen LogP contribution in [0.5, 0.6) is 5.75 Å². The van der Waals surface area contributed by atoms with Crippen LogP contribution in [0.4, 0.5) is 13.2 Å². The van der Waals surface area contributed by atoms with E-state index in [1.807, 2.05) is 48.5 Å². The van der Waals surface area contributed by atoms with Crippen LogP contribution in [-0.2, 0) is 27.8 Å². The van der Waals surface area contributed by atoms with Crippen molar-refractivity contribution in [2.24, 2.45) is 0 Å². The minimum absolute atomic E-state index is 0.108. The lowest BCUT2D eigenvalue weighted by atomic mass is 9.76. The van der Waals surface area contributed by atoms with E-state index in [2.05, 4.69) is 4.98 Å². The molecule has 9 heteroatoms. The standard InChI is InChI=1S/C30H26F3N3O3/c1-29-27-26(21-11-3-5-12-23(21)34-27)22(20-10-4-6-13-24(20)39-2)16-36(29)25(37)17-35(28(29)38)15-18-8-7-9-19(14-18)30(31,32)33/h3-14,22,34H,15-17H2,1-2H3. The Morgan fingerprint density at radius 2 is 1.77 bits per heavy atom. The van der Waals surface area contributed by atoms with Crippen LogP contribution in [0.3, 0.4) is 0 Å². The zero-order chi connectivity index (χ0) is 27.5. The van der Waals surface area contributed by atoms with Crippen LogP contribution in [0, 0.1) is 0 Å². The summed E-state index contributed by atoms with van der Waals surface area (Å²) in [6, 6.07) is 20.3. The summed E-state index contributed by atoms with van der Waals surface area (Å²) >= 11 is 0. The van der Waals surface area contributed by atoms with Crippen molar-refractivity contribution in [2.75, 3.05) is 20.2 Å².